The van der Waals surface area contributed by atoms with Crippen LogP contribution in [0.5, 0.6) is 11.5 Å². The van der Waals surface area contributed by atoms with E-state index in [4.69, 9.17) is 18.9 Å². The lowest BCUT2D eigenvalue weighted by Gasteiger charge is -2.55. The summed E-state index contributed by atoms with van der Waals surface area (Å²) in [6.07, 6.45) is 21.5. The molecule has 6 nitrogen and oxygen atoms in total. The van der Waals surface area contributed by atoms with Crippen LogP contribution in [0.15, 0.2) is 98.4 Å². The minimum atomic E-state index is -0.169. The number of carbonyl (C=O) groups excluding carboxylic acids is 2. The Labute approximate surface area is 479 Å². The molecule has 12 aliphatic rings. The van der Waals surface area contributed by atoms with Crippen LogP contribution in [0.1, 0.15) is 131 Å². The first-order valence-electron chi connectivity index (χ1n) is 30.2. The van der Waals surface area contributed by atoms with Gasteiger partial charge in [0.15, 0.2) is 19.6 Å². The molecule has 4 aliphatic heterocycles. The highest BCUT2D eigenvalue weighted by molar-refractivity contribution is 7.97. The van der Waals surface area contributed by atoms with Crippen LogP contribution >= 0.6 is 0 Å². The zero-order valence-corrected chi connectivity index (χ0v) is 50.7. The Balaban J connectivity index is 0.000000117. The second-order valence-corrected chi connectivity index (χ2v) is 34.4. The minimum Gasteiger partial charge on any atom is -0.426 e. The molecule has 4 aromatic rings. The summed E-state index contributed by atoms with van der Waals surface area (Å²) in [6, 6.07) is 26.9. The largest absolute Gasteiger partial charge is 0.426 e. The standard InChI is InChI=1S/C24H33O2S.C23H31O2S.C10H12FOS.C10H13OS/c1-16-8-21(27-6-4-3-5-7-27)9-17(2)22(16)26-23(25)24-13-18-10-19(14-24)12-20(11-18)15-24;1-15-7-20(26-5-3-4-6-26)8-16(2)21(15)25-22(24)23-12-17-9-18(13-23)11-19(10-17)14-23;11-9-1-3-10(4-2-9)13-7-5-12-6-8-13;1-2-4-10(5-3-1)12-8-6-11-7-9-12/h8-9,18-20H,3-7,10-15H2,1-2H3;7-8,17-19H,3-6,9-14H2,1-2H3;1-4H,5-8H2;1-5H,6-9H2/q4*+1. The van der Waals surface area contributed by atoms with Crippen LogP contribution in [0.4, 0.5) is 4.39 Å². The Morgan fingerprint density at radius 3 is 1.08 bits per heavy atom. The lowest BCUT2D eigenvalue weighted by atomic mass is 9.49. The summed E-state index contributed by atoms with van der Waals surface area (Å²) in [4.78, 5) is 32.4. The number of carbonyl (C=O) groups is 2. The third kappa shape index (κ3) is 13.4. The second kappa shape index (κ2) is 25.7. The van der Waals surface area contributed by atoms with Crippen LogP contribution in [0.25, 0.3) is 0 Å². The van der Waals surface area contributed by atoms with Gasteiger partial charge in [0, 0.05) is 43.6 Å². The Morgan fingerprint density at radius 2 is 0.731 bits per heavy atom. The van der Waals surface area contributed by atoms with Crippen molar-refractivity contribution in [1.82, 2.24) is 0 Å². The molecule has 8 saturated carbocycles. The van der Waals surface area contributed by atoms with Gasteiger partial charge in [0.25, 0.3) is 0 Å². The summed E-state index contributed by atoms with van der Waals surface area (Å²) < 4.78 is 35.5. The molecular formula is C67H89FO6S4+4. The Bertz CT molecular complexity index is 2550. The van der Waals surface area contributed by atoms with E-state index in [1.165, 1.54) is 137 Å². The van der Waals surface area contributed by atoms with Crippen LogP contribution in [0.2, 0.25) is 0 Å². The second-order valence-electron chi connectivity index (χ2n) is 25.3. The van der Waals surface area contributed by atoms with E-state index in [1.807, 2.05) is 12.1 Å². The molecule has 11 heteroatoms. The molecule has 78 heavy (non-hydrogen) atoms. The smallest absolute Gasteiger partial charge is 0.317 e. The molecule has 4 heterocycles. The molecule has 4 saturated heterocycles. The number of ether oxygens (including phenoxy) is 4. The van der Waals surface area contributed by atoms with Crippen LogP contribution in [-0.4, -0.2) is 84.4 Å². The third-order valence-electron chi connectivity index (χ3n) is 19.3. The first-order valence-corrected chi connectivity index (χ1v) is 36.5. The predicted octanol–water partition coefficient (Wildman–Crippen LogP) is 14.3. The quantitative estimate of drug-likeness (QED) is 0.0995. The maximum Gasteiger partial charge on any atom is 0.317 e. The Hall–Kier alpha value is -2.93. The third-order valence-corrected chi connectivity index (χ3v) is 28.7. The highest BCUT2D eigenvalue weighted by Crippen LogP contribution is 2.62. The number of aryl methyl sites for hydroxylation is 4. The zero-order valence-electron chi connectivity index (χ0n) is 47.4. The fourth-order valence-corrected chi connectivity index (χ4v) is 24.9. The van der Waals surface area contributed by atoms with Crippen LogP contribution in [-0.2, 0) is 62.6 Å². The van der Waals surface area contributed by atoms with Gasteiger partial charge in [-0.15, -0.1) is 0 Å². The van der Waals surface area contributed by atoms with Crippen LogP contribution in [0, 0.1) is 79.8 Å². The average Bonchev–Trinajstić information content (AvgIpc) is 4.13. The molecule has 4 aromatic carbocycles. The van der Waals surface area contributed by atoms with Gasteiger partial charge < -0.3 is 18.9 Å². The molecule has 420 valence electrons. The summed E-state index contributed by atoms with van der Waals surface area (Å²) in [6.45, 7) is 12.1. The van der Waals surface area contributed by atoms with E-state index in [0.717, 1.165) is 146 Å². The lowest BCUT2D eigenvalue weighted by Crippen LogP contribution is -2.51. The van der Waals surface area contributed by atoms with Crippen molar-refractivity contribution in [1.29, 1.82) is 0 Å². The van der Waals surface area contributed by atoms with Gasteiger partial charge in [-0.25, -0.2) is 4.39 Å². The van der Waals surface area contributed by atoms with Gasteiger partial charge in [0.05, 0.1) is 37.3 Å². The number of esters is 2. The lowest BCUT2D eigenvalue weighted by molar-refractivity contribution is -0.162. The molecular weight excluding hydrogens is 1050 g/mol. The van der Waals surface area contributed by atoms with E-state index in [1.54, 1.807) is 0 Å². The van der Waals surface area contributed by atoms with Gasteiger partial charge in [0.1, 0.15) is 63.3 Å². The summed E-state index contributed by atoms with van der Waals surface area (Å²) >= 11 is 0. The van der Waals surface area contributed by atoms with E-state index in [0.29, 0.717) is 43.6 Å². The SMILES string of the molecule is Cc1cc([S+]2CCCC2)cc(C)c1OC(=O)C12CC3CC(CC(C3)C1)C2.Cc1cc([S+]2CCCCC2)cc(C)c1OC(=O)C12CC3CC(CC(C3)C1)C2.Fc1ccc([S+]2CCOCC2)cc1.c1ccc([S+]2CCOCC2)cc1. The monoisotopic (exact) mass is 1140 g/mol. The number of halogens is 1. The zero-order chi connectivity index (χ0) is 53.8. The Kier molecular flexibility index (Phi) is 18.7. The summed E-state index contributed by atoms with van der Waals surface area (Å²) in [5.41, 5.74) is 4.27. The molecule has 0 aromatic heterocycles. The van der Waals surface area contributed by atoms with Crippen molar-refractivity contribution in [2.45, 2.75) is 156 Å². The first kappa shape index (κ1) is 56.9. The van der Waals surface area contributed by atoms with Gasteiger partial charge in [-0.3, -0.25) is 9.59 Å². The minimum absolute atomic E-state index is 0.0823. The predicted molar refractivity (Wildman–Crippen MR) is 323 cm³/mol. The topological polar surface area (TPSA) is 71.1 Å². The normalized spacial score (nSPS) is 30.3. The summed E-state index contributed by atoms with van der Waals surface area (Å²) in [5.74, 6) is 16.3. The van der Waals surface area contributed by atoms with Crippen molar-refractivity contribution < 1.29 is 32.9 Å². The van der Waals surface area contributed by atoms with Crippen molar-refractivity contribution in [3.63, 3.8) is 0 Å². The number of rotatable bonds is 8. The van der Waals surface area contributed by atoms with Crippen molar-refractivity contribution in [2.75, 3.05) is 72.5 Å². The van der Waals surface area contributed by atoms with Gasteiger partial charge >= 0.3 is 11.9 Å². The Morgan fingerprint density at radius 1 is 0.423 bits per heavy atom. The maximum absolute atomic E-state index is 13.3. The average molecular weight is 1140 g/mol. The van der Waals surface area contributed by atoms with Crippen molar-refractivity contribution in [2.24, 2.45) is 46.3 Å². The van der Waals surface area contributed by atoms with Crippen LogP contribution < -0.4 is 9.47 Å². The summed E-state index contributed by atoms with van der Waals surface area (Å²) in [7, 11) is 1.58. The highest BCUT2D eigenvalue weighted by atomic mass is 32.2. The molecule has 0 atom stereocenters. The van der Waals surface area contributed by atoms with Crippen molar-refractivity contribution in [3.8, 4) is 11.5 Å². The maximum atomic E-state index is 13.3. The molecule has 8 bridgehead atoms. The van der Waals surface area contributed by atoms with Crippen molar-refractivity contribution in [3.05, 3.63) is 107 Å². The van der Waals surface area contributed by atoms with Gasteiger partial charge in [-0.05, 0) is 255 Å². The number of benzene rings is 4. The molecule has 0 spiro atoms. The van der Waals surface area contributed by atoms with Crippen molar-refractivity contribution >= 4 is 55.5 Å². The fraction of sp³-hybridized carbons (Fsp3) is 0.612. The molecule has 0 N–H and O–H groups in total. The molecule has 8 aliphatic carbocycles. The van der Waals surface area contributed by atoms with E-state index in [2.05, 4.69) is 82.3 Å². The van der Waals surface area contributed by atoms with E-state index in [-0.39, 0.29) is 28.6 Å². The van der Waals surface area contributed by atoms with E-state index >= 15 is 0 Å². The molecule has 12 fully saturated rings. The highest BCUT2D eigenvalue weighted by Gasteiger charge is 2.57. The molecule has 16 rings (SSSR count). The molecule has 0 radical (unpaired) electrons. The van der Waals surface area contributed by atoms with Gasteiger partial charge in [0.2, 0.25) is 0 Å². The van der Waals surface area contributed by atoms with Gasteiger partial charge in [-0.2, -0.15) is 0 Å². The molecule has 0 unspecified atom stereocenters. The summed E-state index contributed by atoms with van der Waals surface area (Å²) in [5, 5.41) is 0. The number of hydrogen-bond acceptors (Lipinski definition) is 6. The van der Waals surface area contributed by atoms with E-state index < -0.39 is 0 Å². The fourth-order valence-electron chi connectivity index (χ4n) is 16.3. The van der Waals surface area contributed by atoms with Gasteiger partial charge in [-0.1, -0.05) is 18.2 Å². The molecule has 0 amide bonds. The first-order chi connectivity index (χ1) is 37.9. The van der Waals surface area contributed by atoms with E-state index in [9.17, 15) is 14.0 Å². The number of hydrogen-bond donors (Lipinski definition) is 0. The van der Waals surface area contributed by atoms with Crippen LogP contribution in [0.3, 0.4) is 0 Å².